The van der Waals surface area contributed by atoms with Crippen LogP contribution in [0.15, 0.2) is 54.7 Å². The molecular weight excluding hydrogens is 307 g/mol. The Balaban J connectivity index is 2.17. The molecule has 0 spiro atoms. The highest BCUT2D eigenvalue weighted by Crippen LogP contribution is 2.27. The summed E-state index contributed by atoms with van der Waals surface area (Å²) >= 11 is 0. The molecule has 0 radical (unpaired) electrons. The number of aliphatic carboxylic acids is 1. The number of nitriles is 1. The molecule has 2 aromatic carbocycles. The van der Waals surface area contributed by atoms with Crippen LogP contribution >= 0.6 is 0 Å². The van der Waals surface area contributed by atoms with E-state index in [4.69, 9.17) is 5.11 Å². The highest BCUT2D eigenvalue weighted by molar-refractivity contribution is 5.98. The lowest BCUT2D eigenvalue weighted by molar-refractivity contribution is -0.137. The Morgan fingerprint density at radius 3 is 2.62 bits per heavy atom. The zero-order chi connectivity index (χ0) is 17.1. The van der Waals surface area contributed by atoms with Crippen LogP contribution in [-0.2, 0) is 11.3 Å². The molecular formula is C19H13FN2O2. The van der Waals surface area contributed by atoms with E-state index in [-0.39, 0.29) is 17.7 Å². The van der Waals surface area contributed by atoms with Gasteiger partial charge in [0.2, 0.25) is 0 Å². The summed E-state index contributed by atoms with van der Waals surface area (Å²) in [4.78, 5) is 11.0. The third kappa shape index (κ3) is 2.90. The number of rotatable bonds is 4. The van der Waals surface area contributed by atoms with Crippen LogP contribution < -0.4 is 0 Å². The SMILES string of the molecule is N#CC(=Cc1cn(CC(=O)O)c2ccccc12)c1ccccc1F. The number of carboxylic acid groups (broad SMARTS) is 1. The normalized spacial score (nSPS) is 11.4. The molecule has 0 aliphatic rings. The lowest BCUT2D eigenvalue weighted by Gasteiger charge is -2.00. The minimum atomic E-state index is -0.958. The van der Waals surface area contributed by atoms with E-state index >= 15 is 0 Å². The molecule has 118 valence electrons. The Kier molecular flexibility index (Phi) is 4.13. The molecule has 3 rings (SSSR count). The van der Waals surface area contributed by atoms with Crippen LogP contribution in [0.25, 0.3) is 22.6 Å². The van der Waals surface area contributed by atoms with Gasteiger partial charge in [0.05, 0.1) is 11.6 Å². The van der Waals surface area contributed by atoms with E-state index in [0.29, 0.717) is 5.56 Å². The minimum Gasteiger partial charge on any atom is -0.480 e. The smallest absolute Gasteiger partial charge is 0.323 e. The number of benzene rings is 2. The van der Waals surface area contributed by atoms with E-state index in [1.54, 1.807) is 35.0 Å². The molecule has 0 amide bonds. The van der Waals surface area contributed by atoms with Gasteiger partial charge < -0.3 is 9.67 Å². The Morgan fingerprint density at radius 1 is 1.21 bits per heavy atom. The molecule has 1 aromatic heterocycles. The number of para-hydroxylation sites is 1. The summed E-state index contributed by atoms with van der Waals surface area (Å²) in [5.74, 6) is -1.43. The number of aromatic nitrogens is 1. The van der Waals surface area contributed by atoms with Crippen LogP contribution in [-0.4, -0.2) is 15.6 Å². The standard InChI is InChI=1S/C19H13FN2O2/c20-17-7-3-1-5-15(17)13(10-21)9-14-11-22(12-19(23)24)18-8-4-2-6-16(14)18/h1-9,11H,12H2,(H,23,24). The quantitative estimate of drug-likeness (QED) is 0.741. The van der Waals surface area contributed by atoms with Crippen LogP contribution in [0.2, 0.25) is 0 Å². The van der Waals surface area contributed by atoms with E-state index in [2.05, 4.69) is 0 Å². The fourth-order valence-electron chi connectivity index (χ4n) is 2.67. The monoisotopic (exact) mass is 320 g/mol. The second-order valence-electron chi connectivity index (χ2n) is 5.27. The van der Waals surface area contributed by atoms with Crippen molar-refractivity contribution in [3.8, 4) is 6.07 Å². The van der Waals surface area contributed by atoms with E-state index in [1.807, 2.05) is 30.3 Å². The van der Waals surface area contributed by atoms with Crippen LogP contribution in [0, 0.1) is 17.1 Å². The van der Waals surface area contributed by atoms with Crippen molar-refractivity contribution in [1.82, 2.24) is 4.57 Å². The third-order valence-corrected chi connectivity index (χ3v) is 3.71. The molecule has 5 heteroatoms. The third-order valence-electron chi connectivity index (χ3n) is 3.71. The van der Waals surface area contributed by atoms with E-state index < -0.39 is 11.8 Å². The fraction of sp³-hybridized carbons (Fsp3) is 0.0526. The van der Waals surface area contributed by atoms with Gasteiger partial charge in [-0.15, -0.1) is 0 Å². The first-order chi connectivity index (χ1) is 11.6. The molecule has 0 saturated heterocycles. The molecule has 24 heavy (non-hydrogen) atoms. The molecule has 0 aliphatic carbocycles. The molecule has 4 nitrogen and oxygen atoms in total. The second-order valence-corrected chi connectivity index (χ2v) is 5.27. The van der Waals surface area contributed by atoms with Gasteiger partial charge in [-0.2, -0.15) is 5.26 Å². The van der Waals surface area contributed by atoms with Gasteiger partial charge in [-0.1, -0.05) is 36.4 Å². The molecule has 0 aliphatic heterocycles. The average Bonchev–Trinajstić information content (AvgIpc) is 2.91. The molecule has 1 heterocycles. The first-order valence-corrected chi connectivity index (χ1v) is 7.26. The summed E-state index contributed by atoms with van der Waals surface area (Å²) in [5, 5.41) is 19.3. The Hall–Kier alpha value is -3.39. The topological polar surface area (TPSA) is 66.0 Å². The van der Waals surface area contributed by atoms with Crippen molar-refractivity contribution in [3.63, 3.8) is 0 Å². The molecule has 0 fully saturated rings. The molecule has 1 N–H and O–H groups in total. The van der Waals surface area contributed by atoms with Crippen LogP contribution in [0.1, 0.15) is 11.1 Å². The molecule has 0 bridgehead atoms. The largest absolute Gasteiger partial charge is 0.480 e. The van der Waals surface area contributed by atoms with Crippen molar-refractivity contribution in [2.45, 2.75) is 6.54 Å². The van der Waals surface area contributed by atoms with E-state index in [0.717, 1.165) is 10.9 Å². The van der Waals surface area contributed by atoms with Crippen molar-refractivity contribution >= 4 is 28.5 Å². The van der Waals surface area contributed by atoms with Gasteiger partial charge in [0.15, 0.2) is 0 Å². The predicted octanol–water partition coefficient (Wildman–Crippen LogP) is 3.93. The number of fused-ring (bicyclic) bond motifs is 1. The zero-order valence-corrected chi connectivity index (χ0v) is 12.6. The predicted molar refractivity (Wildman–Crippen MR) is 89.5 cm³/mol. The number of carboxylic acids is 1. The van der Waals surface area contributed by atoms with E-state index in [9.17, 15) is 14.4 Å². The summed E-state index contributed by atoms with van der Waals surface area (Å²) in [6.07, 6.45) is 3.25. The number of carbonyl (C=O) groups is 1. The average molecular weight is 320 g/mol. The summed E-state index contributed by atoms with van der Waals surface area (Å²) in [5.41, 5.74) is 1.82. The number of hydrogen-bond acceptors (Lipinski definition) is 2. The Bertz CT molecular complexity index is 996. The maximum Gasteiger partial charge on any atom is 0.323 e. The van der Waals surface area contributed by atoms with Gasteiger partial charge in [0.25, 0.3) is 0 Å². The minimum absolute atomic E-state index is 0.185. The van der Waals surface area contributed by atoms with Crippen LogP contribution in [0.4, 0.5) is 4.39 Å². The van der Waals surface area contributed by atoms with Gasteiger partial charge in [-0.05, 0) is 18.2 Å². The van der Waals surface area contributed by atoms with Gasteiger partial charge in [-0.3, -0.25) is 4.79 Å². The maximum atomic E-state index is 13.9. The lowest BCUT2D eigenvalue weighted by Crippen LogP contribution is -2.07. The van der Waals surface area contributed by atoms with Crippen LogP contribution in [0.5, 0.6) is 0 Å². The van der Waals surface area contributed by atoms with Gasteiger partial charge in [0.1, 0.15) is 12.4 Å². The number of nitrogens with zero attached hydrogens (tertiary/aromatic N) is 2. The fourth-order valence-corrected chi connectivity index (χ4v) is 2.67. The van der Waals surface area contributed by atoms with Crippen molar-refractivity contribution in [3.05, 3.63) is 71.7 Å². The van der Waals surface area contributed by atoms with Gasteiger partial charge in [0, 0.05) is 28.2 Å². The lowest BCUT2D eigenvalue weighted by atomic mass is 10.0. The van der Waals surface area contributed by atoms with E-state index in [1.165, 1.54) is 6.07 Å². The van der Waals surface area contributed by atoms with Crippen molar-refractivity contribution in [2.75, 3.05) is 0 Å². The highest BCUT2D eigenvalue weighted by atomic mass is 19.1. The molecule has 0 saturated carbocycles. The Morgan fingerprint density at radius 2 is 1.92 bits per heavy atom. The highest BCUT2D eigenvalue weighted by Gasteiger charge is 2.12. The molecule has 0 unspecified atom stereocenters. The first kappa shape index (κ1) is 15.5. The first-order valence-electron chi connectivity index (χ1n) is 7.26. The second kappa shape index (κ2) is 6.39. The summed E-state index contributed by atoms with van der Waals surface area (Å²) < 4.78 is 15.5. The van der Waals surface area contributed by atoms with Crippen molar-refractivity contribution < 1.29 is 14.3 Å². The number of halogens is 1. The zero-order valence-electron chi connectivity index (χ0n) is 12.6. The summed E-state index contributed by atoms with van der Waals surface area (Å²) in [6, 6.07) is 15.4. The van der Waals surface area contributed by atoms with Crippen LogP contribution in [0.3, 0.4) is 0 Å². The maximum absolute atomic E-state index is 13.9. The summed E-state index contributed by atoms with van der Waals surface area (Å²) in [6.45, 7) is -0.185. The van der Waals surface area contributed by atoms with Crippen molar-refractivity contribution in [2.24, 2.45) is 0 Å². The summed E-state index contributed by atoms with van der Waals surface area (Å²) in [7, 11) is 0. The van der Waals surface area contributed by atoms with Gasteiger partial charge >= 0.3 is 5.97 Å². The number of allylic oxidation sites excluding steroid dienone is 1. The van der Waals surface area contributed by atoms with Crippen molar-refractivity contribution in [1.29, 1.82) is 5.26 Å². The number of hydrogen-bond donors (Lipinski definition) is 1. The molecule has 0 atom stereocenters. The van der Waals surface area contributed by atoms with Gasteiger partial charge in [-0.25, -0.2) is 4.39 Å². The molecule has 3 aromatic rings. The Labute approximate surface area is 137 Å².